The highest BCUT2D eigenvalue weighted by molar-refractivity contribution is 7.13. The fourth-order valence-corrected chi connectivity index (χ4v) is 2.01. The molecule has 0 aliphatic rings. The minimum absolute atomic E-state index is 0.0531. The van der Waals surface area contributed by atoms with E-state index in [0.717, 1.165) is 11.4 Å². The molecule has 0 radical (unpaired) electrons. The van der Waals surface area contributed by atoms with Crippen LogP contribution in [0.25, 0.3) is 0 Å². The fraction of sp³-hybridized carbons (Fsp3) is 0.273. The summed E-state index contributed by atoms with van der Waals surface area (Å²) in [5.41, 5.74) is 2.25. The summed E-state index contributed by atoms with van der Waals surface area (Å²) in [6, 6.07) is 0. The zero-order chi connectivity index (χ0) is 13.0. The topological polar surface area (TPSA) is 88.0 Å². The number of rotatable bonds is 5. The van der Waals surface area contributed by atoms with E-state index in [0.29, 0.717) is 17.4 Å². The third kappa shape index (κ3) is 3.49. The molecule has 2 aromatic heterocycles. The molecule has 0 bridgehead atoms. The number of hydrogen-bond donors (Lipinski definition) is 2. The Morgan fingerprint density at radius 1 is 1.39 bits per heavy atom. The van der Waals surface area contributed by atoms with Gasteiger partial charge in [-0.1, -0.05) is 0 Å². The molecule has 0 spiro atoms. The van der Waals surface area contributed by atoms with Crippen LogP contribution >= 0.6 is 11.3 Å². The molecule has 2 aromatic rings. The maximum Gasteiger partial charge on any atom is 0.309 e. The second kappa shape index (κ2) is 5.54. The van der Waals surface area contributed by atoms with Gasteiger partial charge in [0.05, 0.1) is 36.2 Å². The Bertz CT molecular complexity index is 538. The van der Waals surface area contributed by atoms with Crippen molar-refractivity contribution < 1.29 is 9.90 Å². The number of aryl methyl sites for hydroxylation is 1. The van der Waals surface area contributed by atoms with E-state index in [1.54, 1.807) is 17.8 Å². The van der Waals surface area contributed by atoms with Crippen molar-refractivity contribution in [3.05, 3.63) is 34.9 Å². The molecular weight excluding hydrogens is 252 g/mol. The molecule has 6 nitrogen and oxygen atoms in total. The van der Waals surface area contributed by atoms with Crippen molar-refractivity contribution in [3.8, 4) is 0 Å². The first kappa shape index (κ1) is 12.4. The number of hydrogen-bond acceptors (Lipinski definition) is 6. The first-order chi connectivity index (χ1) is 8.63. The summed E-state index contributed by atoms with van der Waals surface area (Å²) in [6.07, 6.45) is 3.35. The van der Waals surface area contributed by atoms with Crippen molar-refractivity contribution >= 4 is 22.4 Å². The Labute approximate surface area is 108 Å². The van der Waals surface area contributed by atoms with Crippen molar-refractivity contribution in [1.29, 1.82) is 0 Å². The van der Waals surface area contributed by atoms with E-state index in [4.69, 9.17) is 5.11 Å². The maximum atomic E-state index is 10.5. The Kier molecular flexibility index (Phi) is 3.83. The number of carbonyl (C=O) groups is 1. The third-order valence-corrected chi connectivity index (χ3v) is 2.99. The fourth-order valence-electron chi connectivity index (χ4n) is 1.30. The maximum absolute atomic E-state index is 10.5. The van der Waals surface area contributed by atoms with Crippen LogP contribution in [0.3, 0.4) is 0 Å². The smallest absolute Gasteiger partial charge is 0.309 e. The first-order valence-electron chi connectivity index (χ1n) is 5.31. The number of nitrogens with zero attached hydrogens (tertiary/aromatic N) is 3. The Morgan fingerprint density at radius 2 is 2.22 bits per heavy atom. The first-order valence-corrected chi connectivity index (χ1v) is 6.19. The van der Waals surface area contributed by atoms with Gasteiger partial charge in [0.25, 0.3) is 0 Å². The molecule has 2 heterocycles. The number of nitrogens with one attached hydrogen (secondary N) is 1. The average Bonchev–Trinajstić information content (AvgIpc) is 2.75. The van der Waals surface area contributed by atoms with Crippen LogP contribution in [-0.4, -0.2) is 26.0 Å². The molecule has 0 fully saturated rings. The van der Waals surface area contributed by atoms with E-state index >= 15 is 0 Å². The Balaban J connectivity index is 1.92. The quantitative estimate of drug-likeness (QED) is 0.850. The minimum Gasteiger partial charge on any atom is -0.481 e. The lowest BCUT2D eigenvalue weighted by atomic mass is 10.3. The lowest BCUT2D eigenvalue weighted by Crippen LogP contribution is -2.03. The van der Waals surface area contributed by atoms with E-state index in [-0.39, 0.29) is 6.42 Å². The van der Waals surface area contributed by atoms with Crippen molar-refractivity contribution in [2.45, 2.75) is 19.9 Å². The number of anilines is 1. The number of aliphatic carboxylic acids is 1. The molecule has 0 unspecified atom stereocenters. The van der Waals surface area contributed by atoms with E-state index in [2.05, 4.69) is 20.3 Å². The van der Waals surface area contributed by atoms with Crippen molar-refractivity contribution in [2.75, 3.05) is 5.32 Å². The van der Waals surface area contributed by atoms with Crippen LogP contribution < -0.4 is 5.32 Å². The third-order valence-electron chi connectivity index (χ3n) is 2.14. The van der Waals surface area contributed by atoms with Crippen LogP contribution in [0.15, 0.2) is 17.8 Å². The highest BCUT2D eigenvalue weighted by atomic mass is 32.1. The lowest BCUT2D eigenvalue weighted by Gasteiger charge is -2.01. The van der Waals surface area contributed by atoms with Gasteiger partial charge < -0.3 is 10.4 Å². The van der Waals surface area contributed by atoms with Gasteiger partial charge in [-0.3, -0.25) is 14.8 Å². The van der Waals surface area contributed by atoms with Gasteiger partial charge in [0.15, 0.2) is 5.13 Å². The average molecular weight is 264 g/mol. The van der Waals surface area contributed by atoms with Crippen molar-refractivity contribution in [2.24, 2.45) is 0 Å². The largest absolute Gasteiger partial charge is 0.481 e. The molecular formula is C11H12N4O2S. The van der Waals surface area contributed by atoms with Gasteiger partial charge in [-0.15, -0.1) is 11.3 Å². The lowest BCUT2D eigenvalue weighted by molar-refractivity contribution is -0.136. The van der Waals surface area contributed by atoms with Gasteiger partial charge in [-0.25, -0.2) is 4.98 Å². The molecule has 0 saturated heterocycles. The highest BCUT2D eigenvalue weighted by Crippen LogP contribution is 2.16. The normalized spacial score (nSPS) is 10.3. The highest BCUT2D eigenvalue weighted by Gasteiger charge is 2.06. The van der Waals surface area contributed by atoms with Gasteiger partial charge in [-0.2, -0.15) is 0 Å². The number of carboxylic acids is 1. The summed E-state index contributed by atoms with van der Waals surface area (Å²) < 4.78 is 0. The molecule has 0 aromatic carbocycles. The minimum atomic E-state index is -0.878. The summed E-state index contributed by atoms with van der Waals surface area (Å²) >= 11 is 1.38. The Hall–Kier alpha value is -2.02. The van der Waals surface area contributed by atoms with E-state index < -0.39 is 5.97 Å². The predicted octanol–water partition coefficient (Wildman–Crippen LogP) is 1.48. The molecule has 7 heteroatoms. The molecule has 0 aliphatic carbocycles. The van der Waals surface area contributed by atoms with Crippen LogP contribution in [0.2, 0.25) is 0 Å². The summed E-state index contributed by atoms with van der Waals surface area (Å²) in [7, 11) is 0. The molecule has 2 rings (SSSR count). The van der Waals surface area contributed by atoms with Gasteiger partial charge in [0, 0.05) is 11.6 Å². The summed E-state index contributed by atoms with van der Waals surface area (Å²) in [6.45, 7) is 2.40. The standard InChI is InChI=1S/C11H12N4O2S/c1-7-3-13-9(4-12-7)5-14-11-15-8(6-18-11)2-10(16)17/h3-4,6H,2,5H2,1H3,(H,14,15)(H,16,17). The molecule has 0 amide bonds. The van der Waals surface area contributed by atoms with Crippen LogP contribution in [0.4, 0.5) is 5.13 Å². The molecule has 94 valence electrons. The van der Waals surface area contributed by atoms with Gasteiger partial charge >= 0.3 is 5.97 Å². The van der Waals surface area contributed by atoms with Gasteiger partial charge in [0.1, 0.15) is 0 Å². The van der Waals surface area contributed by atoms with Crippen molar-refractivity contribution in [3.63, 3.8) is 0 Å². The molecule has 18 heavy (non-hydrogen) atoms. The van der Waals surface area contributed by atoms with E-state index in [9.17, 15) is 4.79 Å². The number of carboxylic acid groups (broad SMARTS) is 1. The van der Waals surface area contributed by atoms with Crippen LogP contribution in [-0.2, 0) is 17.8 Å². The second-order valence-electron chi connectivity index (χ2n) is 3.72. The van der Waals surface area contributed by atoms with E-state index in [1.165, 1.54) is 11.3 Å². The molecule has 2 N–H and O–H groups in total. The number of aromatic nitrogens is 3. The number of thiazole rings is 1. The summed E-state index contributed by atoms with van der Waals surface area (Å²) in [5, 5.41) is 14.1. The SMILES string of the molecule is Cc1cnc(CNc2nc(CC(=O)O)cs2)cn1. The van der Waals surface area contributed by atoms with Crippen molar-refractivity contribution in [1.82, 2.24) is 15.0 Å². The molecule has 0 aliphatic heterocycles. The zero-order valence-corrected chi connectivity index (χ0v) is 10.6. The van der Waals surface area contributed by atoms with Gasteiger partial charge in [-0.05, 0) is 6.92 Å². The monoisotopic (exact) mass is 264 g/mol. The Morgan fingerprint density at radius 3 is 2.89 bits per heavy atom. The molecule has 0 saturated carbocycles. The molecule has 0 atom stereocenters. The summed E-state index contributed by atoms with van der Waals surface area (Å²) in [5.74, 6) is -0.878. The van der Waals surface area contributed by atoms with E-state index in [1.807, 2.05) is 6.92 Å². The van der Waals surface area contributed by atoms with Gasteiger partial charge in [0.2, 0.25) is 0 Å². The summed E-state index contributed by atoms with van der Waals surface area (Å²) in [4.78, 5) is 23.0. The predicted molar refractivity (Wildman–Crippen MR) is 67.5 cm³/mol. The van der Waals surface area contributed by atoms with Crippen LogP contribution in [0, 0.1) is 6.92 Å². The van der Waals surface area contributed by atoms with Crippen LogP contribution in [0.1, 0.15) is 17.1 Å². The zero-order valence-electron chi connectivity index (χ0n) is 9.75. The second-order valence-corrected chi connectivity index (χ2v) is 4.58. The van der Waals surface area contributed by atoms with Crippen LogP contribution in [0.5, 0.6) is 0 Å².